The number of hydrogen-bond acceptors (Lipinski definition) is 6. The third kappa shape index (κ3) is 5.17. The van der Waals surface area contributed by atoms with Gasteiger partial charge in [-0.25, -0.2) is 8.42 Å². The zero-order valence-electron chi connectivity index (χ0n) is 16.7. The van der Waals surface area contributed by atoms with E-state index in [1.165, 1.54) is 13.0 Å². The van der Waals surface area contributed by atoms with Crippen LogP contribution in [0.15, 0.2) is 53.1 Å². The van der Waals surface area contributed by atoms with Gasteiger partial charge >= 0.3 is 0 Å². The number of sulfonamides is 1. The van der Waals surface area contributed by atoms with Crippen molar-refractivity contribution in [3.8, 4) is 11.4 Å². The first-order valence-corrected chi connectivity index (χ1v) is 11.3. The summed E-state index contributed by atoms with van der Waals surface area (Å²) in [5, 5.41) is 6.93. The fourth-order valence-electron chi connectivity index (χ4n) is 2.96. The number of carbonyl (C=O) groups excluding carboxylic acids is 1. The number of benzene rings is 2. The minimum Gasteiger partial charge on any atom is -0.345 e. The summed E-state index contributed by atoms with van der Waals surface area (Å²) in [4.78, 5) is 16.9. The molecule has 0 bridgehead atoms. The van der Waals surface area contributed by atoms with Crippen molar-refractivity contribution in [3.05, 3.63) is 65.0 Å². The van der Waals surface area contributed by atoms with E-state index in [0.717, 1.165) is 21.7 Å². The summed E-state index contributed by atoms with van der Waals surface area (Å²) in [7, 11) is -3.74. The molecule has 1 aromatic heterocycles. The fourth-order valence-corrected chi connectivity index (χ4v) is 4.31. The Hall–Kier alpha value is -2.91. The minimum atomic E-state index is -3.74. The molecule has 0 fully saturated rings. The van der Waals surface area contributed by atoms with E-state index in [0.29, 0.717) is 16.5 Å². The lowest BCUT2D eigenvalue weighted by Crippen LogP contribution is -2.47. The Kier molecular flexibility index (Phi) is 6.42. The average Bonchev–Trinajstić information content (AvgIpc) is 3.14. The van der Waals surface area contributed by atoms with Crippen LogP contribution in [0.2, 0.25) is 5.02 Å². The number of carbonyl (C=O) groups is 1. The van der Waals surface area contributed by atoms with Crippen molar-refractivity contribution in [2.45, 2.75) is 26.4 Å². The Morgan fingerprint density at radius 3 is 2.63 bits per heavy atom. The lowest BCUT2D eigenvalue weighted by molar-refractivity contribution is -0.122. The molecule has 8 nitrogen and oxygen atoms in total. The number of anilines is 1. The van der Waals surface area contributed by atoms with Crippen LogP contribution < -0.4 is 9.62 Å². The molecule has 30 heavy (non-hydrogen) atoms. The molecule has 10 heteroatoms. The lowest BCUT2D eigenvalue weighted by Gasteiger charge is -2.28. The third-order valence-electron chi connectivity index (χ3n) is 4.31. The van der Waals surface area contributed by atoms with Crippen LogP contribution in [0.5, 0.6) is 0 Å². The van der Waals surface area contributed by atoms with Crippen LogP contribution >= 0.6 is 11.6 Å². The van der Waals surface area contributed by atoms with E-state index in [9.17, 15) is 13.2 Å². The summed E-state index contributed by atoms with van der Waals surface area (Å²) in [6, 6.07) is 12.9. The van der Waals surface area contributed by atoms with Crippen molar-refractivity contribution >= 4 is 33.2 Å². The zero-order chi connectivity index (χ0) is 21.9. The maximum Gasteiger partial charge on any atom is 0.246 e. The Morgan fingerprint density at radius 1 is 1.23 bits per heavy atom. The number of rotatable bonds is 7. The molecule has 0 aliphatic rings. The van der Waals surface area contributed by atoms with Gasteiger partial charge in [-0.1, -0.05) is 46.6 Å². The standard InChI is InChI=1S/C20H21ClN4O4S/c1-13-6-4-7-15(10-13)19-23-18(29-24-19)12-22-20(26)14(2)25(30(3,27)28)17-9-5-8-16(21)11-17/h4-11,14H,12H2,1-3H3,(H,22,26)/t14-/m1/s1. The van der Waals surface area contributed by atoms with E-state index < -0.39 is 22.0 Å². The average molecular weight is 449 g/mol. The molecule has 0 saturated heterocycles. The maximum absolute atomic E-state index is 12.6. The van der Waals surface area contributed by atoms with Crippen molar-refractivity contribution in [1.82, 2.24) is 15.5 Å². The van der Waals surface area contributed by atoms with Gasteiger partial charge in [0, 0.05) is 10.6 Å². The van der Waals surface area contributed by atoms with E-state index >= 15 is 0 Å². The van der Waals surface area contributed by atoms with Gasteiger partial charge in [-0.05, 0) is 38.1 Å². The second-order valence-electron chi connectivity index (χ2n) is 6.81. The number of nitrogens with zero attached hydrogens (tertiary/aromatic N) is 3. The van der Waals surface area contributed by atoms with E-state index in [4.69, 9.17) is 16.1 Å². The second-order valence-corrected chi connectivity index (χ2v) is 9.11. The molecule has 0 unspecified atom stereocenters. The van der Waals surface area contributed by atoms with Crippen LogP contribution in [-0.4, -0.2) is 36.8 Å². The molecule has 3 rings (SSSR count). The van der Waals surface area contributed by atoms with Crippen molar-refractivity contribution in [2.24, 2.45) is 0 Å². The summed E-state index contributed by atoms with van der Waals surface area (Å²) in [6.45, 7) is 3.41. The largest absolute Gasteiger partial charge is 0.345 e. The van der Waals surface area contributed by atoms with Gasteiger partial charge in [0.05, 0.1) is 18.5 Å². The molecule has 3 aromatic rings. The van der Waals surface area contributed by atoms with E-state index in [1.54, 1.807) is 18.2 Å². The number of amides is 1. The predicted molar refractivity (Wildman–Crippen MR) is 115 cm³/mol. The smallest absolute Gasteiger partial charge is 0.246 e. The SMILES string of the molecule is Cc1cccc(-c2noc(CNC(=O)[C@@H](C)N(c3cccc(Cl)c3)S(C)(=O)=O)n2)c1. The third-order valence-corrected chi connectivity index (χ3v) is 5.79. The minimum absolute atomic E-state index is 0.0326. The Balaban J connectivity index is 1.72. The van der Waals surface area contributed by atoms with E-state index in [1.807, 2.05) is 31.2 Å². The normalized spacial score (nSPS) is 12.4. The highest BCUT2D eigenvalue weighted by Crippen LogP contribution is 2.24. The first-order valence-electron chi connectivity index (χ1n) is 9.07. The van der Waals surface area contributed by atoms with Gasteiger partial charge in [-0.2, -0.15) is 4.98 Å². The molecule has 0 spiro atoms. The van der Waals surface area contributed by atoms with Crippen molar-refractivity contribution in [2.75, 3.05) is 10.6 Å². The number of aryl methyl sites for hydroxylation is 1. The van der Waals surface area contributed by atoms with Gasteiger partial charge < -0.3 is 9.84 Å². The summed E-state index contributed by atoms with van der Waals surface area (Å²) < 4.78 is 30.8. The fraction of sp³-hybridized carbons (Fsp3) is 0.250. The molecule has 0 aliphatic heterocycles. The quantitative estimate of drug-likeness (QED) is 0.595. The number of hydrogen-bond donors (Lipinski definition) is 1. The van der Waals surface area contributed by atoms with Crippen LogP contribution in [0.4, 0.5) is 5.69 Å². The van der Waals surface area contributed by atoms with Gasteiger partial charge in [0.2, 0.25) is 27.6 Å². The molecular weight excluding hydrogens is 428 g/mol. The first kappa shape index (κ1) is 21.8. The van der Waals surface area contributed by atoms with Gasteiger partial charge in [-0.3, -0.25) is 9.10 Å². The Morgan fingerprint density at radius 2 is 1.97 bits per heavy atom. The summed E-state index contributed by atoms with van der Waals surface area (Å²) in [5.74, 6) is 0.101. The number of nitrogens with one attached hydrogen (secondary N) is 1. The molecule has 1 atom stereocenters. The highest BCUT2D eigenvalue weighted by atomic mass is 35.5. The van der Waals surface area contributed by atoms with Gasteiger partial charge in [0.15, 0.2) is 0 Å². The molecule has 0 radical (unpaired) electrons. The van der Waals surface area contributed by atoms with Gasteiger partial charge in [0.1, 0.15) is 6.04 Å². The summed E-state index contributed by atoms with van der Waals surface area (Å²) >= 11 is 5.98. The topological polar surface area (TPSA) is 105 Å². The highest BCUT2D eigenvalue weighted by Gasteiger charge is 2.29. The van der Waals surface area contributed by atoms with Crippen molar-refractivity contribution < 1.29 is 17.7 Å². The second kappa shape index (κ2) is 8.85. The van der Waals surface area contributed by atoms with Crippen molar-refractivity contribution in [1.29, 1.82) is 0 Å². The van der Waals surface area contributed by atoms with E-state index in [2.05, 4.69) is 15.5 Å². The van der Waals surface area contributed by atoms with Crippen LogP contribution in [0.3, 0.4) is 0 Å². The van der Waals surface area contributed by atoms with Crippen LogP contribution in [0.1, 0.15) is 18.4 Å². The molecule has 2 aromatic carbocycles. The van der Waals surface area contributed by atoms with Crippen LogP contribution in [0, 0.1) is 6.92 Å². The maximum atomic E-state index is 12.6. The first-order chi connectivity index (χ1) is 14.1. The highest BCUT2D eigenvalue weighted by molar-refractivity contribution is 7.92. The van der Waals surface area contributed by atoms with Gasteiger partial charge in [0.25, 0.3) is 0 Å². The van der Waals surface area contributed by atoms with Gasteiger partial charge in [-0.15, -0.1) is 0 Å². The molecule has 0 aliphatic carbocycles. The van der Waals surface area contributed by atoms with E-state index in [-0.39, 0.29) is 12.4 Å². The predicted octanol–water partition coefficient (Wildman–Crippen LogP) is 3.17. The zero-order valence-corrected chi connectivity index (χ0v) is 18.2. The summed E-state index contributed by atoms with van der Waals surface area (Å²) in [6.07, 6.45) is 1.03. The monoisotopic (exact) mass is 448 g/mol. The summed E-state index contributed by atoms with van der Waals surface area (Å²) in [5.41, 5.74) is 2.16. The lowest BCUT2D eigenvalue weighted by atomic mass is 10.1. The molecule has 1 amide bonds. The number of halogens is 1. The molecule has 1 N–H and O–H groups in total. The molecule has 1 heterocycles. The van der Waals surface area contributed by atoms with Crippen LogP contribution in [-0.2, 0) is 21.4 Å². The molecule has 158 valence electrons. The molecular formula is C20H21ClN4O4S. The Labute approximate surface area is 179 Å². The molecule has 0 saturated carbocycles. The Bertz CT molecular complexity index is 1160. The van der Waals surface area contributed by atoms with Crippen molar-refractivity contribution in [3.63, 3.8) is 0 Å². The van der Waals surface area contributed by atoms with Crippen LogP contribution in [0.25, 0.3) is 11.4 Å². The number of aromatic nitrogens is 2.